The average Bonchev–Trinajstić information content (AvgIpc) is 3.03. The van der Waals surface area contributed by atoms with Crippen molar-refractivity contribution in [3.8, 4) is 11.3 Å². The maximum atomic E-state index is 11.2. The number of nitrogens with two attached hydrogens (primary N) is 1. The van der Waals surface area contributed by atoms with Crippen LogP contribution in [0.4, 0.5) is 5.69 Å². The minimum atomic E-state index is -3.70. The normalized spacial score (nSPS) is 11.8. The van der Waals surface area contributed by atoms with Crippen molar-refractivity contribution in [3.63, 3.8) is 0 Å². The molecule has 0 radical (unpaired) electrons. The summed E-state index contributed by atoms with van der Waals surface area (Å²) in [4.78, 5) is 0.0410. The standard InChI is InChI=1S/C17H14ClN3O3S/c18-13-3-1-2-12(10-13)17-9-6-15(24-17)11-20-21-14-4-7-16(8-5-14)25(19,22)23/h1-11,21H,(H2,19,22,23). The van der Waals surface area contributed by atoms with Crippen molar-refractivity contribution in [1.82, 2.24) is 0 Å². The van der Waals surface area contributed by atoms with Gasteiger partial charge in [-0.1, -0.05) is 23.7 Å². The molecular formula is C17H14ClN3O3S. The van der Waals surface area contributed by atoms with Crippen molar-refractivity contribution in [3.05, 3.63) is 71.4 Å². The summed E-state index contributed by atoms with van der Waals surface area (Å²) in [6.45, 7) is 0. The molecule has 8 heteroatoms. The molecule has 0 spiro atoms. The van der Waals surface area contributed by atoms with Crippen LogP contribution in [0.15, 0.2) is 75.1 Å². The van der Waals surface area contributed by atoms with Crippen molar-refractivity contribution in [1.29, 1.82) is 0 Å². The summed E-state index contributed by atoms with van der Waals surface area (Å²) in [6, 6.07) is 16.9. The number of hydrogen-bond acceptors (Lipinski definition) is 5. The molecule has 6 nitrogen and oxygen atoms in total. The minimum absolute atomic E-state index is 0.0410. The van der Waals surface area contributed by atoms with Crippen LogP contribution in [0.25, 0.3) is 11.3 Å². The van der Waals surface area contributed by atoms with Crippen LogP contribution < -0.4 is 10.6 Å². The minimum Gasteiger partial charge on any atom is -0.455 e. The zero-order valence-corrected chi connectivity index (χ0v) is 14.5. The number of rotatable bonds is 5. The van der Waals surface area contributed by atoms with Gasteiger partial charge in [-0.15, -0.1) is 0 Å². The zero-order valence-electron chi connectivity index (χ0n) is 12.9. The number of anilines is 1. The Morgan fingerprint density at radius 2 is 1.84 bits per heavy atom. The molecule has 128 valence electrons. The molecule has 25 heavy (non-hydrogen) atoms. The Balaban J connectivity index is 1.67. The molecular weight excluding hydrogens is 362 g/mol. The molecule has 0 aliphatic heterocycles. The first-order valence-corrected chi connectivity index (χ1v) is 9.12. The van der Waals surface area contributed by atoms with Crippen molar-refractivity contribution in [2.24, 2.45) is 10.2 Å². The number of nitrogens with zero attached hydrogens (tertiary/aromatic N) is 1. The number of halogens is 1. The van der Waals surface area contributed by atoms with Gasteiger partial charge in [-0.2, -0.15) is 5.10 Å². The van der Waals surface area contributed by atoms with E-state index in [9.17, 15) is 8.42 Å². The predicted molar refractivity (Wildman–Crippen MR) is 98.2 cm³/mol. The van der Waals surface area contributed by atoms with E-state index in [2.05, 4.69) is 10.5 Å². The summed E-state index contributed by atoms with van der Waals surface area (Å²) in [7, 11) is -3.70. The van der Waals surface area contributed by atoms with Gasteiger partial charge in [-0.3, -0.25) is 5.43 Å². The third-order valence-corrected chi connectivity index (χ3v) is 4.47. The highest BCUT2D eigenvalue weighted by Crippen LogP contribution is 2.24. The van der Waals surface area contributed by atoms with Crippen molar-refractivity contribution in [2.45, 2.75) is 4.90 Å². The van der Waals surface area contributed by atoms with Gasteiger partial charge in [0.2, 0.25) is 10.0 Å². The topological polar surface area (TPSA) is 97.7 Å². The molecule has 0 amide bonds. The first kappa shape index (κ1) is 17.2. The second kappa shape index (κ2) is 7.10. The van der Waals surface area contributed by atoms with Crippen molar-refractivity contribution < 1.29 is 12.8 Å². The number of hydrogen-bond donors (Lipinski definition) is 2. The summed E-state index contributed by atoms with van der Waals surface area (Å²) in [5, 5.41) is 9.73. The third-order valence-electron chi connectivity index (χ3n) is 3.30. The molecule has 0 bridgehead atoms. The van der Waals surface area contributed by atoms with Crippen LogP contribution in [-0.2, 0) is 10.0 Å². The summed E-state index contributed by atoms with van der Waals surface area (Å²) in [5.74, 6) is 1.24. The smallest absolute Gasteiger partial charge is 0.238 e. The lowest BCUT2D eigenvalue weighted by Gasteiger charge is -2.01. The van der Waals surface area contributed by atoms with Crippen molar-refractivity contribution >= 4 is 33.5 Å². The summed E-state index contributed by atoms with van der Waals surface area (Å²) in [6.07, 6.45) is 1.52. The molecule has 0 fully saturated rings. The molecule has 1 aromatic heterocycles. The number of hydrazone groups is 1. The van der Waals surface area contributed by atoms with Gasteiger partial charge in [0.15, 0.2) is 0 Å². The summed E-state index contributed by atoms with van der Waals surface area (Å²) < 4.78 is 28.1. The lowest BCUT2D eigenvalue weighted by atomic mass is 10.2. The van der Waals surface area contributed by atoms with E-state index in [0.717, 1.165) is 5.56 Å². The van der Waals surface area contributed by atoms with E-state index >= 15 is 0 Å². The Kier molecular flexibility index (Phi) is 4.89. The van der Waals surface area contributed by atoms with Gasteiger partial charge < -0.3 is 4.42 Å². The molecule has 3 rings (SSSR count). The van der Waals surface area contributed by atoms with Crippen LogP contribution >= 0.6 is 11.6 Å². The molecule has 0 aliphatic carbocycles. The molecule has 0 saturated heterocycles. The van der Waals surface area contributed by atoms with Gasteiger partial charge in [0.25, 0.3) is 0 Å². The highest BCUT2D eigenvalue weighted by atomic mass is 35.5. The van der Waals surface area contributed by atoms with Crippen LogP contribution in [0.3, 0.4) is 0 Å². The molecule has 0 aliphatic rings. The first-order chi connectivity index (χ1) is 11.9. The summed E-state index contributed by atoms with van der Waals surface area (Å²) >= 11 is 5.97. The Labute approximate surface area is 150 Å². The first-order valence-electron chi connectivity index (χ1n) is 7.19. The lowest BCUT2D eigenvalue weighted by molar-refractivity contribution is 0.575. The van der Waals surface area contributed by atoms with Gasteiger partial charge >= 0.3 is 0 Å². The molecule has 0 saturated carbocycles. The SMILES string of the molecule is NS(=O)(=O)c1ccc(NN=Cc2ccc(-c3cccc(Cl)c3)o2)cc1. The second-order valence-corrected chi connectivity index (χ2v) is 7.15. The molecule has 0 unspecified atom stereocenters. The fourth-order valence-corrected chi connectivity index (χ4v) is 2.81. The fraction of sp³-hybridized carbons (Fsp3) is 0. The monoisotopic (exact) mass is 375 g/mol. The van der Waals surface area contributed by atoms with Gasteiger partial charge in [0.05, 0.1) is 16.8 Å². The lowest BCUT2D eigenvalue weighted by Crippen LogP contribution is -2.11. The van der Waals surface area contributed by atoms with Crippen LogP contribution in [0.2, 0.25) is 5.02 Å². The molecule has 1 heterocycles. The zero-order chi connectivity index (χ0) is 17.9. The largest absolute Gasteiger partial charge is 0.455 e. The molecule has 3 aromatic rings. The highest BCUT2D eigenvalue weighted by Gasteiger charge is 2.06. The highest BCUT2D eigenvalue weighted by molar-refractivity contribution is 7.89. The van der Waals surface area contributed by atoms with Crippen LogP contribution in [-0.4, -0.2) is 14.6 Å². The summed E-state index contributed by atoms with van der Waals surface area (Å²) in [5.41, 5.74) is 4.27. The van der Waals surface area contributed by atoms with E-state index in [1.807, 2.05) is 24.3 Å². The number of furan rings is 1. The molecule has 2 aromatic carbocycles. The Hall–Kier alpha value is -2.61. The second-order valence-electron chi connectivity index (χ2n) is 5.15. The Morgan fingerprint density at radius 1 is 1.08 bits per heavy atom. The quantitative estimate of drug-likeness (QED) is 0.524. The van der Waals surface area contributed by atoms with E-state index in [-0.39, 0.29) is 4.90 Å². The number of sulfonamides is 1. The number of benzene rings is 2. The van der Waals surface area contributed by atoms with Crippen LogP contribution in [0.5, 0.6) is 0 Å². The predicted octanol–water partition coefficient (Wildman–Crippen LogP) is 3.69. The van der Waals surface area contributed by atoms with E-state index < -0.39 is 10.0 Å². The van der Waals surface area contributed by atoms with E-state index in [0.29, 0.717) is 22.2 Å². The third kappa shape index (κ3) is 4.48. The Bertz CT molecular complexity index is 1010. The fourth-order valence-electron chi connectivity index (χ4n) is 2.11. The molecule has 3 N–H and O–H groups in total. The van der Waals surface area contributed by atoms with Gasteiger partial charge in [-0.05, 0) is 48.5 Å². The van der Waals surface area contributed by atoms with Gasteiger partial charge in [0, 0.05) is 10.6 Å². The van der Waals surface area contributed by atoms with Gasteiger partial charge in [0.1, 0.15) is 11.5 Å². The van der Waals surface area contributed by atoms with Crippen molar-refractivity contribution in [2.75, 3.05) is 5.43 Å². The van der Waals surface area contributed by atoms with E-state index in [1.54, 1.807) is 24.3 Å². The number of primary sulfonamides is 1. The molecule has 0 atom stereocenters. The van der Waals surface area contributed by atoms with E-state index in [4.69, 9.17) is 21.2 Å². The van der Waals surface area contributed by atoms with Gasteiger partial charge in [-0.25, -0.2) is 13.6 Å². The van der Waals surface area contributed by atoms with Crippen LogP contribution in [0, 0.1) is 0 Å². The van der Waals surface area contributed by atoms with E-state index in [1.165, 1.54) is 18.3 Å². The maximum Gasteiger partial charge on any atom is 0.238 e. The Morgan fingerprint density at radius 3 is 2.52 bits per heavy atom. The maximum absolute atomic E-state index is 11.2. The average molecular weight is 376 g/mol. The van der Waals surface area contributed by atoms with Crippen LogP contribution in [0.1, 0.15) is 5.76 Å². The number of nitrogens with one attached hydrogen (secondary N) is 1.